The summed E-state index contributed by atoms with van der Waals surface area (Å²) in [5.41, 5.74) is 0. The molecule has 1 aliphatic rings. The maximum atomic E-state index is 11.8. The van der Waals surface area contributed by atoms with Crippen LogP contribution in [0.1, 0.15) is 13.3 Å². The molecule has 1 amide bonds. The van der Waals surface area contributed by atoms with Crippen LogP contribution in [0.15, 0.2) is 0 Å². The van der Waals surface area contributed by atoms with Crippen LogP contribution >= 0.6 is 0 Å². The predicted octanol–water partition coefficient (Wildman–Crippen LogP) is -0.568. The molecular weight excluding hydrogens is 254 g/mol. The van der Waals surface area contributed by atoms with Crippen molar-refractivity contribution >= 4 is 15.9 Å². The first-order valence-electron chi connectivity index (χ1n) is 6.27. The normalized spacial score (nSPS) is 19.5. The van der Waals surface area contributed by atoms with Crippen molar-refractivity contribution < 1.29 is 13.2 Å². The fourth-order valence-corrected chi connectivity index (χ4v) is 3.03. The van der Waals surface area contributed by atoms with Gasteiger partial charge in [0.1, 0.15) is 0 Å². The highest BCUT2D eigenvalue weighted by Crippen LogP contribution is 2.08. The zero-order chi connectivity index (χ0) is 13.8. The number of hydrogen-bond acceptors (Lipinski definition) is 4. The van der Waals surface area contributed by atoms with E-state index in [1.54, 1.807) is 25.9 Å². The first-order valence-corrected chi connectivity index (χ1v) is 7.88. The summed E-state index contributed by atoms with van der Waals surface area (Å²) in [6.45, 7) is 4.47. The molecule has 18 heavy (non-hydrogen) atoms. The molecule has 0 aromatic heterocycles. The van der Waals surface area contributed by atoms with Gasteiger partial charge in [-0.05, 0) is 19.9 Å². The average Bonchev–Trinajstić information content (AvgIpc) is 2.55. The molecule has 0 N–H and O–H groups in total. The molecule has 0 unspecified atom stereocenters. The summed E-state index contributed by atoms with van der Waals surface area (Å²) in [5, 5.41) is 0. The van der Waals surface area contributed by atoms with E-state index in [0.29, 0.717) is 26.2 Å². The highest BCUT2D eigenvalue weighted by atomic mass is 32.2. The van der Waals surface area contributed by atoms with E-state index >= 15 is 0 Å². The Bertz CT molecular complexity index is 381. The topological polar surface area (TPSA) is 60.9 Å². The highest BCUT2D eigenvalue weighted by Gasteiger charge is 2.24. The Hall–Kier alpha value is -0.660. The van der Waals surface area contributed by atoms with Crippen LogP contribution in [-0.2, 0) is 14.8 Å². The molecule has 0 aromatic rings. The predicted molar refractivity (Wildman–Crippen MR) is 70.8 cm³/mol. The first-order chi connectivity index (χ1) is 8.36. The van der Waals surface area contributed by atoms with Gasteiger partial charge in [0.25, 0.3) is 0 Å². The van der Waals surface area contributed by atoms with E-state index in [9.17, 15) is 13.2 Å². The van der Waals surface area contributed by atoms with E-state index in [1.165, 1.54) is 4.31 Å². The second kappa shape index (κ2) is 6.49. The molecule has 0 aliphatic carbocycles. The summed E-state index contributed by atoms with van der Waals surface area (Å²) in [4.78, 5) is 15.2. The SMILES string of the molecule is CCS(=O)(=O)N1CCCN(CC(=O)N(C)C)CC1. The van der Waals surface area contributed by atoms with Crippen molar-refractivity contribution in [2.24, 2.45) is 0 Å². The van der Waals surface area contributed by atoms with Gasteiger partial charge in [-0.2, -0.15) is 0 Å². The quantitative estimate of drug-likeness (QED) is 0.690. The second-order valence-electron chi connectivity index (χ2n) is 4.72. The zero-order valence-corrected chi connectivity index (χ0v) is 12.2. The van der Waals surface area contributed by atoms with Crippen molar-refractivity contribution in [3.8, 4) is 0 Å². The van der Waals surface area contributed by atoms with Crippen LogP contribution in [0.3, 0.4) is 0 Å². The fraction of sp³-hybridized carbons (Fsp3) is 0.909. The van der Waals surface area contributed by atoms with E-state index in [0.717, 1.165) is 13.0 Å². The van der Waals surface area contributed by atoms with Gasteiger partial charge < -0.3 is 4.90 Å². The third-order valence-electron chi connectivity index (χ3n) is 3.16. The van der Waals surface area contributed by atoms with Crippen LogP contribution in [0, 0.1) is 0 Å². The Morgan fingerprint density at radius 2 is 1.83 bits per heavy atom. The van der Waals surface area contributed by atoms with Crippen molar-refractivity contribution in [3.05, 3.63) is 0 Å². The first kappa shape index (κ1) is 15.4. The maximum Gasteiger partial charge on any atom is 0.236 e. The van der Waals surface area contributed by atoms with Crippen LogP contribution in [0.2, 0.25) is 0 Å². The van der Waals surface area contributed by atoms with Crippen LogP contribution < -0.4 is 0 Å². The molecule has 1 rings (SSSR count). The Labute approximate surface area is 110 Å². The molecule has 0 radical (unpaired) electrons. The van der Waals surface area contributed by atoms with E-state index in [1.807, 2.05) is 4.90 Å². The number of carbonyl (C=O) groups excluding carboxylic acids is 1. The van der Waals surface area contributed by atoms with Crippen LogP contribution in [-0.4, -0.2) is 81.0 Å². The molecule has 0 saturated carbocycles. The molecule has 106 valence electrons. The Morgan fingerprint density at radius 3 is 2.39 bits per heavy atom. The van der Waals surface area contributed by atoms with Gasteiger partial charge in [0.05, 0.1) is 12.3 Å². The third kappa shape index (κ3) is 4.22. The van der Waals surface area contributed by atoms with Crippen LogP contribution in [0.25, 0.3) is 0 Å². The molecule has 1 saturated heterocycles. The van der Waals surface area contributed by atoms with Gasteiger partial charge in [0.2, 0.25) is 15.9 Å². The number of nitrogens with zero attached hydrogens (tertiary/aromatic N) is 3. The van der Waals surface area contributed by atoms with Gasteiger partial charge in [0, 0.05) is 33.7 Å². The minimum Gasteiger partial charge on any atom is -0.348 e. The number of rotatable bonds is 4. The van der Waals surface area contributed by atoms with Crippen molar-refractivity contribution in [3.63, 3.8) is 0 Å². The van der Waals surface area contributed by atoms with Crippen LogP contribution in [0.4, 0.5) is 0 Å². The molecule has 0 bridgehead atoms. The number of hydrogen-bond donors (Lipinski definition) is 0. The lowest BCUT2D eigenvalue weighted by atomic mass is 10.4. The number of carbonyl (C=O) groups is 1. The van der Waals surface area contributed by atoms with Gasteiger partial charge in [0.15, 0.2) is 0 Å². The molecule has 0 aromatic carbocycles. The summed E-state index contributed by atoms with van der Waals surface area (Å²) in [6, 6.07) is 0. The van der Waals surface area contributed by atoms with E-state index in [-0.39, 0.29) is 11.7 Å². The molecular formula is C11H23N3O3S. The summed E-state index contributed by atoms with van der Waals surface area (Å²) in [7, 11) is 0.359. The average molecular weight is 277 g/mol. The summed E-state index contributed by atoms with van der Waals surface area (Å²) in [5.74, 6) is 0.200. The number of amides is 1. The Morgan fingerprint density at radius 1 is 1.17 bits per heavy atom. The molecule has 0 atom stereocenters. The summed E-state index contributed by atoms with van der Waals surface area (Å²) >= 11 is 0. The Balaban J connectivity index is 2.54. The third-order valence-corrected chi connectivity index (χ3v) is 5.04. The maximum absolute atomic E-state index is 11.8. The van der Waals surface area contributed by atoms with Crippen molar-refractivity contribution in [1.82, 2.24) is 14.1 Å². The largest absolute Gasteiger partial charge is 0.348 e. The Kier molecular flexibility index (Phi) is 5.55. The van der Waals surface area contributed by atoms with Gasteiger partial charge in [-0.25, -0.2) is 12.7 Å². The van der Waals surface area contributed by atoms with E-state index < -0.39 is 10.0 Å². The highest BCUT2D eigenvalue weighted by molar-refractivity contribution is 7.89. The summed E-state index contributed by atoms with van der Waals surface area (Å²) < 4.78 is 25.1. The van der Waals surface area contributed by atoms with Crippen LogP contribution in [0.5, 0.6) is 0 Å². The van der Waals surface area contributed by atoms with Crippen molar-refractivity contribution in [1.29, 1.82) is 0 Å². The molecule has 7 heteroatoms. The van der Waals surface area contributed by atoms with E-state index in [4.69, 9.17) is 0 Å². The van der Waals surface area contributed by atoms with Crippen molar-refractivity contribution in [2.45, 2.75) is 13.3 Å². The lowest BCUT2D eigenvalue weighted by molar-refractivity contribution is -0.129. The van der Waals surface area contributed by atoms with Gasteiger partial charge in [-0.3, -0.25) is 9.69 Å². The van der Waals surface area contributed by atoms with E-state index in [2.05, 4.69) is 0 Å². The monoisotopic (exact) mass is 277 g/mol. The minimum atomic E-state index is -3.10. The zero-order valence-electron chi connectivity index (χ0n) is 11.4. The second-order valence-corrected chi connectivity index (χ2v) is 6.98. The molecule has 0 spiro atoms. The van der Waals surface area contributed by atoms with Crippen molar-refractivity contribution in [2.75, 3.05) is 52.6 Å². The van der Waals surface area contributed by atoms with Gasteiger partial charge in [-0.1, -0.05) is 0 Å². The lowest BCUT2D eigenvalue weighted by Crippen LogP contribution is -2.39. The van der Waals surface area contributed by atoms with Gasteiger partial charge >= 0.3 is 0 Å². The molecule has 6 nitrogen and oxygen atoms in total. The standard InChI is InChI=1S/C11H23N3O3S/c1-4-18(16,17)14-7-5-6-13(8-9-14)10-11(15)12(2)3/h4-10H2,1-3H3. The number of likely N-dealkylation sites (N-methyl/N-ethyl adjacent to an activating group) is 1. The molecule has 1 heterocycles. The fourth-order valence-electron chi connectivity index (χ4n) is 1.90. The molecule has 1 aliphatic heterocycles. The summed E-state index contributed by atoms with van der Waals surface area (Å²) in [6.07, 6.45) is 0.778. The lowest BCUT2D eigenvalue weighted by Gasteiger charge is -2.22. The smallest absolute Gasteiger partial charge is 0.236 e. The van der Waals surface area contributed by atoms with Gasteiger partial charge in [-0.15, -0.1) is 0 Å². The number of sulfonamides is 1. The minimum absolute atomic E-state index is 0.0572. The molecule has 1 fully saturated rings.